The quantitative estimate of drug-likeness (QED) is 0.492. The van der Waals surface area contributed by atoms with Crippen LogP contribution >= 0.6 is 0 Å². The molecule has 0 aliphatic rings. The number of esters is 1. The number of hydrogen-bond donors (Lipinski definition) is 1. The molecule has 0 amide bonds. The van der Waals surface area contributed by atoms with Gasteiger partial charge in [-0.05, 0) is 30.7 Å². The molecule has 88 valence electrons. The van der Waals surface area contributed by atoms with Gasteiger partial charge in [-0.15, -0.1) is 0 Å². The fourth-order valence-corrected chi connectivity index (χ4v) is 1.71. The molecule has 0 spiro atoms. The molecule has 0 aromatic heterocycles. The molecule has 2 rings (SSSR count). The lowest BCUT2D eigenvalue weighted by Gasteiger charge is -2.09. The first-order valence-electron chi connectivity index (χ1n) is 5.44. The van der Waals surface area contributed by atoms with E-state index in [1.54, 1.807) is 37.3 Å². The van der Waals surface area contributed by atoms with Crippen LogP contribution in [0.1, 0.15) is 15.9 Å². The first kappa shape index (κ1) is 12.2. The molecule has 0 heterocycles. The summed E-state index contributed by atoms with van der Waals surface area (Å²) in [6.07, 6.45) is 0. The Hall–Kier alpha value is -2.23. The molecule has 18 heavy (non-hydrogen) atoms. The third-order valence-corrected chi connectivity index (χ3v) is 2.49. The first-order valence-corrected chi connectivity index (χ1v) is 5.44. The van der Waals surface area contributed by atoms with Crippen LogP contribution in [0.4, 0.5) is 0 Å². The van der Waals surface area contributed by atoms with Gasteiger partial charge in [0.2, 0.25) is 0 Å². The first-order chi connectivity index (χ1) is 8.58. The lowest BCUT2D eigenvalue weighted by atomic mass is 9.92. The SMILES string of the molecule is [B]c1cc(C)c(C(=O)Oc2ccccc2)c(O)c1. The molecule has 0 unspecified atom stereocenters. The van der Waals surface area contributed by atoms with E-state index in [4.69, 9.17) is 12.6 Å². The Morgan fingerprint density at radius 1 is 1.22 bits per heavy atom. The van der Waals surface area contributed by atoms with E-state index in [-0.39, 0.29) is 11.3 Å². The Morgan fingerprint density at radius 2 is 1.89 bits per heavy atom. The molecule has 0 saturated carbocycles. The molecule has 4 heteroatoms. The van der Waals surface area contributed by atoms with Gasteiger partial charge in [0, 0.05) is 0 Å². The Labute approximate surface area is 106 Å². The molecule has 0 atom stereocenters. The highest BCUT2D eigenvalue weighted by molar-refractivity contribution is 6.32. The van der Waals surface area contributed by atoms with Crippen LogP contribution in [0, 0.1) is 6.92 Å². The molecule has 2 aromatic rings. The predicted molar refractivity (Wildman–Crippen MR) is 69.6 cm³/mol. The van der Waals surface area contributed by atoms with Gasteiger partial charge in [0.25, 0.3) is 0 Å². The molecule has 2 radical (unpaired) electrons. The number of phenols is 1. The molecular formula is C14H11BO3. The lowest BCUT2D eigenvalue weighted by molar-refractivity contribution is 0.0731. The molecule has 0 saturated heterocycles. The lowest BCUT2D eigenvalue weighted by Crippen LogP contribution is -2.13. The Bertz CT molecular complexity index is 556. The number of carbonyl (C=O) groups is 1. The topological polar surface area (TPSA) is 46.5 Å². The Balaban J connectivity index is 2.30. The third kappa shape index (κ3) is 2.54. The zero-order valence-electron chi connectivity index (χ0n) is 9.88. The maximum atomic E-state index is 11.9. The normalized spacial score (nSPS) is 10.1. The molecule has 1 N–H and O–H groups in total. The van der Waals surface area contributed by atoms with Crippen LogP contribution in [-0.4, -0.2) is 18.9 Å². The molecule has 3 nitrogen and oxygen atoms in total. The van der Waals surface area contributed by atoms with Crippen LogP contribution in [0.5, 0.6) is 11.5 Å². The number of carbonyl (C=O) groups excluding carboxylic acids is 1. The summed E-state index contributed by atoms with van der Waals surface area (Å²) < 4.78 is 5.16. The fraction of sp³-hybridized carbons (Fsp3) is 0.0714. The van der Waals surface area contributed by atoms with Crippen molar-refractivity contribution in [3.05, 3.63) is 53.6 Å². The molecule has 0 aliphatic heterocycles. The van der Waals surface area contributed by atoms with E-state index in [0.29, 0.717) is 16.8 Å². The van der Waals surface area contributed by atoms with Crippen molar-refractivity contribution in [1.82, 2.24) is 0 Å². The highest BCUT2D eigenvalue weighted by Gasteiger charge is 2.16. The minimum atomic E-state index is -0.601. The van der Waals surface area contributed by atoms with E-state index in [1.807, 2.05) is 6.07 Å². The van der Waals surface area contributed by atoms with Gasteiger partial charge >= 0.3 is 5.97 Å². The van der Waals surface area contributed by atoms with Gasteiger partial charge in [0.05, 0.1) is 0 Å². The summed E-state index contributed by atoms with van der Waals surface area (Å²) >= 11 is 0. The van der Waals surface area contributed by atoms with Gasteiger partial charge in [0.1, 0.15) is 24.9 Å². The molecule has 0 fully saturated rings. The van der Waals surface area contributed by atoms with Crippen molar-refractivity contribution in [2.24, 2.45) is 0 Å². The van der Waals surface area contributed by atoms with Crippen LogP contribution in [0.25, 0.3) is 0 Å². The highest BCUT2D eigenvalue weighted by atomic mass is 16.5. The number of aromatic hydroxyl groups is 1. The maximum absolute atomic E-state index is 11.9. The number of benzene rings is 2. The average molecular weight is 238 g/mol. The molecule has 2 aromatic carbocycles. The zero-order valence-corrected chi connectivity index (χ0v) is 9.88. The van der Waals surface area contributed by atoms with E-state index >= 15 is 0 Å². The summed E-state index contributed by atoms with van der Waals surface area (Å²) in [4.78, 5) is 11.9. The number of aryl methyl sites for hydroxylation is 1. The average Bonchev–Trinajstić information content (AvgIpc) is 2.28. The van der Waals surface area contributed by atoms with Crippen LogP contribution in [0.3, 0.4) is 0 Å². The number of ether oxygens (including phenoxy) is 1. The van der Waals surface area contributed by atoms with Crippen LogP contribution in [0.2, 0.25) is 0 Å². The monoisotopic (exact) mass is 238 g/mol. The van der Waals surface area contributed by atoms with E-state index in [2.05, 4.69) is 0 Å². The molecule has 0 bridgehead atoms. The van der Waals surface area contributed by atoms with Gasteiger partial charge in [-0.3, -0.25) is 0 Å². The summed E-state index contributed by atoms with van der Waals surface area (Å²) in [6, 6.07) is 11.6. The largest absolute Gasteiger partial charge is 0.507 e. The van der Waals surface area contributed by atoms with Crippen molar-refractivity contribution in [2.45, 2.75) is 6.92 Å². The van der Waals surface area contributed by atoms with Crippen LogP contribution in [-0.2, 0) is 0 Å². The zero-order chi connectivity index (χ0) is 13.1. The summed E-state index contributed by atoms with van der Waals surface area (Å²) in [5, 5.41) is 9.74. The summed E-state index contributed by atoms with van der Waals surface area (Å²) in [5.74, 6) is -0.345. The van der Waals surface area contributed by atoms with Crippen molar-refractivity contribution >= 4 is 19.3 Å². The fourth-order valence-electron chi connectivity index (χ4n) is 1.71. The van der Waals surface area contributed by atoms with Gasteiger partial charge in [-0.1, -0.05) is 29.7 Å². The highest BCUT2D eigenvalue weighted by Crippen LogP contribution is 2.21. The standard InChI is InChI=1S/C14H11BO3/c1-9-7-10(15)8-12(16)13(9)14(17)18-11-5-3-2-4-6-11/h2-8,16H,1H3. The predicted octanol–water partition coefficient (Wildman–Crippen LogP) is 1.71. The van der Waals surface area contributed by atoms with Gasteiger partial charge in [-0.25, -0.2) is 4.79 Å². The van der Waals surface area contributed by atoms with Gasteiger partial charge in [0.15, 0.2) is 0 Å². The number of phenolic OH excluding ortho intramolecular Hbond substituents is 1. The van der Waals surface area contributed by atoms with Gasteiger partial charge < -0.3 is 9.84 Å². The minimum Gasteiger partial charge on any atom is -0.507 e. The number of hydrogen-bond acceptors (Lipinski definition) is 3. The van der Waals surface area contributed by atoms with E-state index < -0.39 is 5.97 Å². The van der Waals surface area contributed by atoms with Crippen molar-refractivity contribution in [3.8, 4) is 11.5 Å². The van der Waals surface area contributed by atoms with Crippen LogP contribution < -0.4 is 10.2 Å². The molecule has 0 aliphatic carbocycles. The number of rotatable bonds is 2. The summed E-state index contributed by atoms with van der Waals surface area (Å²) in [5.41, 5.74) is 1.11. The van der Waals surface area contributed by atoms with Crippen LogP contribution in [0.15, 0.2) is 42.5 Å². The molecular weight excluding hydrogens is 227 g/mol. The Kier molecular flexibility index (Phi) is 3.37. The van der Waals surface area contributed by atoms with Crippen molar-refractivity contribution in [3.63, 3.8) is 0 Å². The minimum absolute atomic E-state index is 0.132. The number of para-hydroxylation sites is 1. The van der Waals surface area contributed by atoms with E-state index in [9.17, 15) is 9.90 Å². The smallest absolute Gasteiger partial charge is 0.347 e. The third-order valence-electron chi connectivity index (χ3n) is 2.49. The second-order valence-electron chi connectivity index (χ2n) is 3.93. The van der Waals surface area contributed by atoms with Crippen molar-refractivity contribution < 1.29 is 14.6 Å². The second kappa shape index (κ2) is 4.96. The van der Waals surface area contributed by atoms with E-state index in [0.717, 1.165) is 0 Å². The van der Waals surface area contributed by atoms with Gasteiger partial charge in [-0.2, -0.15) is 0 Å². The van der Waals surface area contributed by atoms with Crippen molar-refractivity contribution in [1.29, 1.82) is 0 Å². The summed E-state index contributed by atoms with van der Waals surface area (Å²) in [6.45, 7) is 1.69. The van der Waals surface area contributed by atoms with Crippen molar-refractivity contribution in [2.75, 3.05) is 0 Å². The summed E-state index contributed by atoms with van der Waals surface area (Å²) in [7, 11) is 5.57. The second-order valence-corrected chi connectivity index (χ2v) is 3.93. The Morgan fingerprint density at radius 3 is 2.50 bits per heavy atom. The maximum Gasteiger partial charge on any atom is 0.347 e. The van der Waals surface area contributed by atoms with E-state index in [1.165, 1.54) is 6.07 Å².